The fourth-order valence-corrected chi connectivity index (χ4v) is 3.04. The molecule has 0 aromatic heterocycles. The fourth-order valence-electron chi connectivity index (χ4n) is 3.04. The molecule has 1 aliphatic heterocycles. The van der Waals surface area contributed by atoms with E-state index in [9.17, 15) is 19.2 Å². The molecule has 2 amide bonds. The smallest absolute Gasteiger partial charge is 0.337 e. The summed E-state index contributed by atoms with van der Waals surface area (Å²) in [7, 11) is 1.30. The highest BCUT2D eigenvalue weighted by Gasteiger charge is 2.21. The first-order chi connectivity index (χ1) is 14.5. The highest BCUT2D eigenvalue weighted by molar-refractivity contribution is 5.98. The third-order valence-corrected chi connectivity index (χ3v) is 4.68. The summed E-state index contributed by atoms with van der Waals surface area (Å²) in [6.07, 6.45) is 1.37. The van der Waals surface area contributed by atoms with Crippen LogP contribution in [0.5, 0.6) is 0 Å². The quantitative estimate of drug-likeness (QED) is 0.701. The summed E-state index contributed by atoms with van der Waals surface area (Å²) in [4.78, 5) is 48.9. The Labute approximate surface area is 173 Å². The molecular weight excluding hydrogens is 388 g/mol. The van der Waals surface area contributed by atoms with Crippen molar-refractivity contribution < 1.29 is 28.7 Å². The van der Waals surface area contributed by atoms with E-state index in [4.69, 9.17) is 4.74 Å². The molecule has 3 rings (SSSR count). The average Bonchev–Trinajstić information content (AvgIpc) is 3.21. The number of nitrogens with zero attached hydrogens (tertiary/aromatic N) is 1. The van der Waals surface area contributed by atoms with Crippen molar-refractivity contribution in [2.75, 3.05) is 25.1 Å². The third-order valence-electron chi connectivity index (χ3n) is 4.68. The Morgan fingerprint density at radius 3 is 2.27 bits per heavy atom. The number of benzene rings is 2. The van der Waals surface area contributed by atoms with Crippen LogP contribution in [0.2, 0.25) is 0 Å². The molecule has 0 bridgehead atoms. The predicted molar refractivity (Wildman–Crippen MR) is 108 cm³/mol. The minimum Gasteiger partial charge on any atom is -0.465 e. The van der Waals surface area contributed by atoms with E-state index < -0.39 is 17.8 Å². The van der Waals surface area contributed by atoms with Crippen LogP contribution in [0.4, 0.5) is 5.69 Å². The first-order valence-electron chi connectivity index (χ1n) is 9.49. The Morgan fingerprint density at radius 2 is 1.67 bits per heavy atom. The van der Waals surface area contributed by atoms with E-state index in [1.807, 2.05) is 0 Å². The highest BCUT2D eigenvalue weighted by atomic mass is 16.5. The van der Waals surface area contributed by atoms with Crippen molar-refractivity contribution in [2.24, 2.45) is 0 Å². The molecule has 0 radical (unpaired) electrons. The number of carbonyl (C=O) groups excluding carboxylic acids is 4. The number of anilines is 1. The van der Waals surface area contributed by atoms with Crippen molar-refractivity contribution in [3.63, 3.8) is 0 Å². The number of amides is 2. The van der Waals surface area contributed by atoms with Gasteiger partial charge < -0.3 is 19.7 Å². The number of methoxy groups -OCH3 is 1. The molecule has 1 aliphatic rings. The summed E-state index contributed by atoms with van der Waals surface area (Å²) >= 11 is 0. The highest BCUT2D eigenvalue weighted by Crippen LogP contribution is 2.21. The zero-order chi connectivity index (χ0) is 21.5. The molecule has 156 valence electrons. The maximum atomic E-state index is 12.2. The molecule has 0 unspecified atom stereocenters. The molecule has 0 aliphatic carbocycles. The maximum absolute atomic E-state index is 12.2. The topological polar surface area (TPSA) is 102 Å². The molecule has 2 aromatic rings. The molecule has 8 heteroatoms. The van der Waals surface area contributed by atoms with Gasteiger partial charge in [-0.15, -0.1) is 0 Å². The second-order valence-electron chi connectivity index (χ2n) is 6.73. The van der Waals surface area contributed by atoms with Crippen LogP contribution in [-0.4, -0.2) is 44.0 Å². The zero-order valence-corrected chi connectivity index (χ0v) is 16.6. The number of ether oxygens (including phenoxy) is 2. The number of nitrogens with one attached hydrogen (secondary N) is 1. The van der Waals surface area contributed by atoms with Gasteiger partial charge in [-0.3, -0.25) is 14.4 Å². The lowest BCUT2D eigenvalue weighted by atomic mass is 10.1. The molecule has 0 atom stereocenters. The second-order valence-corrected chi connectivity index (χ2v) is 6.73. The maximum Gasteiger partial charge on any atom is 0.337 e. The largest absolute Gasteiger partial charge is 0.465 e. The minimum atomic E-state index is -0.584. The van der Waals surface area contributed by atoms with Gasteiger partial charge in [0.05, 0.1) is 12.7 Å². The number of hydrogen-bond donors (Lipinski definition) is 1. The first kappa shape index (κ1) is 21.0. The molecular formula is C22H22N2O6. The van der Waals surface area contributed by atoms with Gasteiger partial charge >= 0.3 is 11.9 Å². The standard InChI is InChI=1S/C22H22N2O6/c1-29-22(28)17-6-4-15(5-7-17)14-30-20(26)13-23-21(27)16-8-10-18(11-9-16)24-12-2-3-19(24)25/h4-11H,2-3,12-14H2,1H3,(H,23,27). The van der Waals surface area contributed by atoms with Crippen LogP contribution in [0.15, 0.2) is 48.5 Å². The van der Waals surface area contributed by atoms with E-state index in [2.05, 4.69) is 10.1 Å². The van der Waals surface area contributed by atoms with E-state index in [-0.39, 0.29) is 19.1 Å². The van der Waals surface area contributed by atoms with Crippen LogP contribution in [0.3, 0.4) is 0 Å². The summed E-state index contributed by atoms with van der Waals surface area (Å²) in [5.74, 6) is -1.36. The summed E-state index contributed by atoms with van der Waals surface area (Å²) in [6, 6.07) is 13.1. The van der Waals surface area contributed by atoms with Crippen molar-refractivity contribution in [1.29, 1.82) is 0 Å². The number of carbonyl (C=O) groups is 4. The first-order valence-corrected chi connectivity index (χ1v) is 9.49. The second kappa shape index (κ2) is 9.69. The Bertz CT molecular complexity index is 937. The van der Waals surface area contributed by atoms with Gasteiger partial charge in [-0.25, -0.2) is 4.79 Å². The molecule has 1 N–H and O–H groups in total. The van der Waals surface area contributed by atoms with Crippen LogP contribution in [0.25, 0.3) is 0 Å². The Kier molecular flexibility index (Phi) is 6.79. The Hall–Kier alpha value is -3.68. The number of esters is 2. The summed E-state index contributed by atoms with van der Waals surface area (Å²) < 4.78 is 9.75. The summed E-state index contributed by atoms with van der Waals surface area (Å²) in [5.41, 5.74) is 2.25. The molecule has 0 spiro atoms. The van der Waals surface area contributed by atoms with E-state index >= 15 is 0 Å². The SMILES string of the molecule is COC(=O)c1ccc(COC(=O)CNC(=O)c2ccc(N3CCCC3=O)cc2)cc1. The van der Waals surface area contributed by atoms with Crippen molar-refractivity contribution in [2.45, 2.75) is 19.4 Å². The molecule has 0 saturated carbocycles. The van der Waals surface area contributed by atoms with Crippen molar-refractivity contribution in [1.82, 2.24) is 5.32 Å². The third kappa shape index (κ3) is 5.22. The van der Waals surface area contributed by atoms with Gasteiger partial charge in [0.25, 0.3) is 5.91 Å². The van der Waals surface area contributed by atoms with Gasteiger partial charge in [-0.2, -0.15) is 0 Å². The lowest BCUT2D eigenvalue weighted by Gasteiger charge is -2.15. The molecule has 1 saturated heterocycles. The summed E-state index contributed by atoms with van der Waals surface area (Å²) in [5, 5.41) is 2.51. The van der Waals surface area contributed by atoms with Gasteiger partial charge in [-0.1, -0.05) is 12.1 Å². The average molecular weight is 410 g/mol. The van der Waals surface area contributed by atoms with Crippen molar-refractivity contribution in [3.8, 4) is 0 Å². The summed E-state index contributed by atoms with van der Waals surface area (Å²) in [6.45, 7) is 0.432. The van der Waals surface area contributed by atoms with Gasteiger partial charge in [0.2, 0.25) is 5.91 Å². The van der Waals surface area contributed by atoms with Crippen molar-refractivity contribution >= 4 is 29.4 Å². The molecule has 1 fully saturated rings. The molecule has 1 heterocycles. The lowest BCUT2D eigenvalue weighted by molar-refractivity contribution is -0.143. The van der Waals surface area contributed by atoms with E-state index in [0.29, 0.717) is 29.7 Å². The number of hydrogen-bond acceptors (Lipinski definition) is 6. The molecule has 8 nitrogen and oxygen atoms in total. The van der Waals surface area contributed by atoms with Gasteiger partial charge in [0.15, 0.2) is 0 Å². The minimum absolute atomic E-state index is 0.0225. The zero-order valence-electron chi connectivity index (χ0n) is 16.6. The van der Waals surface area contributed by atoms with Crippen LogP contribution in [-0.2, 0) is 25.7 Å². The van der Waals surface area contributed by atoms with Crippen LogP contribution < -0.4 is 10.2 Å². The van der Waals surface area contributed by atoms with Crippen molar-refractivity contribution in [3.05, 3.63) is 65.2 Å². The fraction of sp³-hybridized carbons (Fsp3) is 0.273. The Balaban J connectivity index is 1.44. The van der Waals surface area contributed by atoms with E-state index in [1.54, 1.807) is 53.4 Å². The monoisotopic (exact) mass is 410 g/mol. The van der Waals surface area contributed by atoms with E-state index in [0.717, 1.165) is 12.1 Å². The predicted octanol–water partition coefficient (Wildman–Crippen LogP) is 2.07. The van der Waals surface area contributed by atoms with Crippen LogP contribution in [0, 0.1) is 0 Å². The van der Waals surface area contributed by atoms with Crippen LogP contribution in [0.1, 0.15) is 39.1 Å². The van der Waals surface area contributed by atoms with Gasteiger partial charge in [0, 0.05) is 24.2 Å². The Morgan fingerprint density at radius 1 is 1.00 bits per heavy atom. The molecule has 2 aromatic carbocycles. The lowest BCUT2D eigenvalue weighted by Crippen LogP contribution is -2.30. The van der Waals surface area contributed by atoms with Crippen LogP contribution >= 0.6 is 0 Å². The van der Waals surface area contributed by atoms with Gasteiger partial charge in [0.1, 0.15) is 13.2 Å². The normalized spacial score (nSPS) is 13.1. The number of rotatable bonds is 7. The van der Waals surface area contributed by atoms with E-state index in [1.165, 1.54) is 7.11 Å². The van der Waals surface area contributed by atoms with Gasteiger partial charge in [-0.05, 0) is 48.4 Å². The molecule has 30 heavy (non-hydrogen) atoms.